The Morgan fingerprint density at radius 3 is 0.644 bits per heavy atom. The fourth-order valence-corrected chi connectivity index (χ4v) is 4.51. The quantitative estimate of drug-likeness (QED) is 0.0885. The van der Waals surface area contributed by atoms with Crippen molar-refractivity contribution in [2.75, 3.05) is 0 Å². The van der Waals surface area contributed by atoms with Crippen LogP contribution < -0.4 is 0 Å². The Kier molecular flexibility index (Phi) is 30.6. The summed E-state index contributed by atoms with van der Waals surface area (Å²) < 4.78 is 0. The summed E-state index contributed by atoms with van der Waals surface area (Å²) in [7, 11) is 0. The van der Waals surface area contributed by atoms with Gasteiger partial charge in [0.15, 0.2) is 0 Å². The molecule has 4 heterocycles. The van der Waals surface area contributed by atoms with Crippen molar-refractivity contribution in [1.82, 2.24) is 19.9 Å². The average Bonchev–Trinajstić information content (AvgIpc) is 3.08. The van der Waals surface area contributed by atoms with Crippen LogP contribution in [0, 0.1) is 0 Å². The molecule has 0 spiro atoms. The van der Waals surface area contributed by atoms with Gasteiger partial charge in [0.25, 0.3) is 0 Å². The third-order valence-electron chi connectivity index (χ3n) is 7.27. The van der Waals surface area contributed by atoms with E-state index in [4.69, 9.17) is 0 Å². The van der Waals surface area contributed by atoms with E-state index >= 15 is 0 Å². The maximum atomic E-state index is 3.97. The van der Waals surface area contributed by atoms with E-state index < -0.39 is 0 Å². The van der Waals surface area contributed by atoms with Crippen molar-refractivity contribution in [2.24, 2.45) is 0 Å². The predicted octanol–water partition coefficient (Wildman–Crippen LogP) is 11.3. The van der Waals surface area contributed by atoms with Crippen LogP contribution in [-0.4, -0.2) is 19.9 Å². The van der Waals surface area contributed by atoms with Gasteiger partial charge in [0.1, 0.15) is 0 Å². The van der Waals surface area contributed by atoms with E-state index in [1.54, 1.807) is 0 Å². The summed E-state index contributed by atoms with van der Waals surface area (Å²) in [6.07, 6.45) is 35.5. The maximum Gasteiger partial charge on any atom is 2.00 e. The van der Waals surface area contributed by atoms with E-state index in [1.165, 1.54) is 125 Å². The van der Waals surface area contributed by atoms with Crippen molar-refractivity contribution in [3.05, 3.63) is 120 Å². The number of aryl methyl sites for hydroxylation is 4. The fourth-order valence-electron chi connectivity index (χ4n) is 4.51. The molecule has 4 aromatic rings. The minimum Gasteiger partial charge on any atom is -0.265 e. The first-order valence-electron chi connectivity index (χ1n) is 17.3. The zero-order chi connectivity index (χ0) is 31.8. The summed E-state index contributed by atoms with van der Waals surface area (Å²) in [6, 6.07) is 16.7. The number of nitrogens with zero attached hydrogens (tertiary/aromatic N) is 4. The SMILES string of the molecule is CCCCCc1ccncc1.CCCCCc1ccncc1.CCCCCc1ccncc1.CCCCCc1ccncc1.[Zn+2]. The third-order valence-corrected chi connectivity index (χ3v) is 7.27. The Morgan fingerprint density at radius 2 is 0.489 bits per heavy atom. The molecule has 0 bridgehead atoms. The smallest absolute Gasteiger partial charge is 0.265 e. The molecule has 4 rings (SSSR count). The maximum absolute atomic E-state index is 3.97. The van der Waals surface area contributed by atoms with Gasteiger partial charge in [-0.3, -0.25) is 19.9 Å². The van der Waals surface area contributed by atoms with Crippen molar-refractivity contribution in [3.8, 4) is 0 Å². The molecule has 0 aliphatic heterocycles. The van der Waals surface area contributed by atoms with Gasteiger partial charge in [-0.05, 0) is 122 Å². The number of pyridine rings is 4. The summed E-state index contributed by atoms with van der Waals surface area (Å²) in [6.45, 7) is 8.91. The zero-order valence-electron chi connectivity index (χ0n) is 29.0. The monoisotopic (exact) mass is 660 g/mol. The largest absolute Gasteiger partial charge is 2.00 e. The molecular weight excluding hydrogens is 602 g/mol. The van der Waals surface area contributed by atoms with Crippen molar-refractivity contribution < 1.29 is 19.5 Å². The van der Waals surface area contributed by atoms with E-state index in [2.05, 4.69) is 96.2 Å². The summed E-state index contributed by atoms with van der Waals surface area (Å²) >= 11 is 0. The van der Waals surface area contributed by atoms with Crippen LogP contribution in [0.2, 0.25) is 0 Å². The normalized spacial score (nSPS) is 9.69. The van der Waals surface area contributed by atoms with Gasteiger partial charge in [-0.25, -0.2) is 0 Å². The van der Waals surface area contributed by atoms with Gasteiger partial charge in [0, 0.05) is 49.6 Å². The van der Waals surface area contributed by atoms with Gasteiger partial charge in [-0.1, -0.05) is 79.1 Å². The van der Waals surface area contributed by atoms with E-state index in [0.717, 1.165) is 0 Å². The standard InChI is InChI=1S/4C10H15N.Zn/c4*1-2-3-4-5-10-6-8-11-9-7-10;/h4*6-9H,2-5H2,1H3;/q;;;;+2. The summed E-state index contributed by atoms with van der Waals surface area (Å²) in [4.78, 5) is 15.9. The van der Waals surface area contributed by atoms with E-state index in [9.17, 15) is 0 Å². The Hall–Kier alpha value is -2.78. The summed E-state index contributed by atoms with van der Waals surface area (Å²) in [5.41, 5.74) is 5.64. The minimum atomic E-state index is 0. The molecule has 0 amide bonds. The molecule has 0 aliphatic carbocycles. The zero-order valence-corrected chi connectivity index (χ0v) is 32.0. The van der Waals surface area contributed by atoms with E-state index in [1.807, 2.05) is 49.6 Å². The number of rotatable bonds is 16. The average molecular weight is 662 g/mol. The van der Waals surface area contributed by atoms with Gasteiger partial charge in [-0.15, -0.1) is 0 Å². The Bertz CT molecular complexity index is 914. The molecule has 0 fully saturated rings. The molecule has 0 saturated carbocycles. The van der Waals surface area contributed by atoms with Gasteiger partial charge in [-0.2, -0.15) is 0 Å². The Labute approximate surface area is 289 Å². The van der Waals surface area contributed by atoms with Gasteiger partial charge >= 0.3 is 19.5 Å². The summed E-state index contributed by atoms with van der Waals surface area (Å²) in [5.74, 6) is 0. The van der Waals surface area contributed by atoms with Crippen LogP contribution >= 0.6 is 0 Å². The molecule has 0 radical (unpaired) electrons. The molecular formula is C40H60N4Zn+2. The molecule has 0 atom stereocenters. The first-order valence-corrected chi connectivity index (χ1v) is 17.3. The fraction of sp³-hybridized carbons (Fsp3) is 0.500. The molecule has 5 heteroatoms. The van der Waals surface area contributed by atoms with E-state index in [-0.39, 0.29) is 19.5 Å². The van der Waals surface area contributed by atoms with Crippen LogP contribution in [0.25, 0.3) is 0 Å². The van der Waals surface area contributed by atoms with Crippen LogP contribution in [0.5, 0.6) is 0 Å². The topological polar surface area (TPSA) is 51.6 Å². The van der Waals surface area contributed by atoms with Gasteiger partial charge in [0.05, 0.1) is 0 Å². The number of hydrogen-bond donors (Lipinski definition) is 0. The molecule has 4 aromatic heterocycles. The van der Waals surface area contributed by atoms with Crippen molar-refractivity contribution >= 4 is 0 Å². The van der Waals surface area contributed by atoms with Gasteiger partial charge < -0.3 is 0 Å². The van der Waals surface area contributed by atoms with Crippen molar-refractivity contribution in [3.63, 3.8) is 0 Å². The van der Waals surface area contributed by atoms with Crippen molar-refractivity contribution in [1.29, 1.82) is 0 Å². The van der Waals surface area contributed by atoms with Crippen LogP contribution in [0.15, 0.2) is 98.1 Å². The molecule has 0 N–H and O–H groups in total. The molecule has 4 nitrogen and oxygen atoms in total. The Morgan fingerprint density at radius 1 is 0.311 bits per heavy atom. The van der Waals surface area contributed by atoms with E-state index in [0.29, 0.717) is 0 Å². The second kappa shape index (κ2) is 32.6. The first kappa shape index (κ1) is 42.2. The second-order valence-corrected chi connectivity index (χ2v) is 11.3. The number of aromatic nitrogens is 4. The molecule has 240 valence electrons. The molecule has 0 aromatic carbocycles. The van der Waals surface area contributed by atoms with Crippen LogP contribution in [-0.2, 0) is 45.2 Å². The Balaban J connectivity index is 0.000000569. The minimum absolute atomic E-state index is 0. The van der Waals surface area contributed by atoms with Crippen LogP contribution in [0.1, 0.15) is 127 Å². The molecule has 0 aliphatic rings. The van der Waals surface area contributed by atoms with Crippen LogP contribution in [0.3, 0.4) is 0 Å². The van der Waals surface area contributed by atoms with Gasteiger partial charge in [0.2, 0.25) is 0 Å². The summed E-state index contributed by atoms with van der Waals surface area (Å²) in [5, 5.41) is 0. The second-order valence-electron chi connectivity index (χ2n) is 11.3. The number of hydrogen-bond acceptors (Lipinski definition) is 4. The molecule has 45 heavy (non-hydrogen) atoms. The number of unbranched alkanes of at least 4 members (excludes halogenated alkanes) is 8. The predicted molar refractivity (Wildman–Crippen MR) is 190 cm³/mol. The first-order chi connectivity index (χ1) is 21.7. The molecule has 0 unspecified atom stereocenters. The van der Waals surface area contributed by atoms with Crippen LogP contribution in [0.4, 0.5) is 0 Å². The molecule has 0 saturated heterocycles. The third kappa shape index (κ3) is 26.2. The van der Waals surface area contributed by atoms with Crippen molar-refractivity contribution in [2.45, 2.75) is 130 Å².